The van der Waals surface area contributed by atoms with Crippen molar-refractivity contribution in [1.29, 1.82) is 0 Å². The lowest BCUT2D eigenvalue weighted by Crippen LogP contribution is -2.49. The van der Waals surface area contributed by atoms with E-state index in [1.165, 1.54) is 0 Å². The van der Waals surface area contributed by atoms with Crippen LogP contribution in [0.3, 0.4) is 0 Å². The molecule has 0 spiro atoms. The third-order valence-electron chi connectivity index (χ3n) is 3.94. The molecule has 1 unspecified atom stereocenters. The lowest BCUT2D eigenvalue weighted by Gasteiger charge is -2.34. The van der Waals surface area contributed by atoms with Gasteiger partial charge in [-0.05, 0) is 33.7 Å². The third-order valence-corrected chi connectivity index (χ3v) is 3.94. The molecule has 3 N–H and O–H groups in total. The van der Waals surface area contributed by atoms with Crippen LogP contribution < -0.4 is 16.0 Å². The summed E-state index contributed by atoms with van der Waals surface area (Å²) in [6, 6.07) is 0. The third kappa shape index (κ3) is 9.08. The molecule has 0 bridgehead atoms. The van der Waals surface area contributed by atoms with Gasteiger partial charge in [-0.2, -0.15) is 0 Å². The van der Waals surface area contributed by atoms with Gasteiger partial charge in [0, 0.05) is 51.9 Å². The van der Waals surface area contributed by atoms with Crippen molar-refractivity contribution in [1.82, 2.24) is 25.8 Å². The molecule has 140 valence electrons. The first-order valence-electron chi connectivity index (χ1n) is 8.86. The molecule has 1 amide bonds. The summed E-state index contributed by atoms with van der Waals surface area (Å²) in [5.74, 6) is 1.16. The fraction of sp³-hybridized carbons (Fsp3) is 0.882. The minimum Gasteiger partial charge on any atom is -0.356 e. The maximum Gasteiger partial charge on any atom is 0.239 e. The second-order valence-electron chi connectivity index (χ2n) is 7.81. The van der Waals surface area contributed by atoms with Crippen LogP contribution >= 0.6 is 0 Å². The molecule has 1 atom stereocenters. The molecule has 0 aromatic heterocycles. The number of piperazine rings is 1. The van der Waals surface area contributed by atoms with Crippen LogP contribution in [-0.4, -0.2) is 87.1 Å². The van der Waals surface area contributed by atoms with E-state index in [2.05, 4.69) is 44.7 Å². The zero-order chi connectivity index (χ0) is 18.2. The quantitative estimate of drug-likeness (QED) is 0.467. The van der Waals surface area contributed by atoms with Crippen LogP contribution in [0.5, 0.6) is 0 Å². The van der Waals surface area contributed by atoms with Gasteiger partial charge in [-0.15, -0.1) is 0 Å². The Bertz CT molecular complexity index is 410. The minimum atomic E-state index is -0.216. The molecule has 1 aliphatic heterocycles. The summed E-state index contributed by atoms with van der Waals surface area (Å²) in [6.07, 6.45) is 0. The molecular weight excluding hydrogens is 304 g/mol. The number of carbonyl (C=O) groups is 1. The maximum absolute atomic E-state index is 11.8. The Morgan fingerprint density at radius 2 is 1.79 bits per heavy atom. The van der Waals surface area contributed by atoms with Gasteiger partial charge >= 0.3 is 0 Å². The van der Waals surface area contributed by atoms with Crippen LogP contribution in [-0.2, 0) is 4.79 Å². The van der Waals surface area contributed by atoms with Gasteiger partial charge in [-0.3, -0.25) is 9.79 Å². The number of hydrogen-bond donors (Lipinski definition) is 3. The second kappa shape index (κ2) is 9.84. The molecule has 0 aliphatic carbocycles. The minimum absolute atomic E-state index is 0.0315. The van der Waals surface area contributed by atoms with Gasteiger partial charge in [0.1, 0.15) is 0 Å². The highest BCUT2D eigenvalue weighted by atomic mass is 16.2. The van der Waals surface area contributed by atoms with E-state index in [-0.39, 0.29) is 18.0 Å². The van der Waals surface area contributed by atoms with Crippen LogP contribution in [0.2, 0.25) is 0 Å². The Morgan fingerprint density at radius 1 is 1.17 bits per heavy atom. The standard InChI is InChI=1S/C17H36N6O/c1-14(13-23-9-7-22(6)8-10-23)11-19-16(18-5)20-12-15(24)21-17(2,3)4/h14H,7-13H2,1-6H3,(H,21,24)(H2,18,19,20). The van der Waals surface area contributed by atoms with Gasteiger partial charge in [-0.25, -0.2) is 0 Å². The fourth-order valence-electron chi connectivity index (χ4n) is 2.65. The van der Waals surface area contributed by atoms with Crippen molar-refractivity contribution in [2.75, 3.05) is 59.9 Å². The highest BCUT2D eigenvalue weighted by Gasteiger charge is 2.17. The van der Waals surface area contributed by atoms with E-state index in [9.17, 15) is 4.79 Å². The zero-order valence-electron chi connectivity index (χ0n) is 16.3. The zero-order valence-corrected chi connectivity index (χ0v) is 16.3. The molecule has 7 heteroatoms. The van der Waals surface area contributed by atoms with Crippen molar-refractivity contribution < 1.29 is 4.79 Å². The number of nitrogens with zero attached hydrogens (tertiary/aromatic N) is 3. The molecule has 1 fully saturated rings. The molecular formula is C17H36N6O. The van der Waals surface area contributed by atoms with E-state index in [1.807, 2.05) is 20.8 Å². The summed E-state index contributed by atoms with van der Waals surface area (Å²) in [5, 5.41) is 9.30. The first-order chi connectivity index (χ1) is 11.2. The van der Waals surface area contributed by atoms with E-state index in [4.69, 9.17) is 0 Å². The van der Waals surface area contributed by atoms with E-state index in [0.29, 0.717) is 11.9 Å². The monoisotopic (exact) mass is 340 g/mol. The molecule has 0 saturated carbocycles. The van der Waals surface area contributed by atoms with Gasteiger partial charge in [-0.1, -0.05) is 6.92 Å². The summed E-state index contributed by atoms with van der Waals surface area (Å²) in [6.45, 7) is 14.9. The Hall–Kier alpha value is -1.34. The first-order valence-corrected chi connectivity index (χ1v) is 8.86. The van der Waals surface area contributed by atoms with E-state index >= 15 is 0 Å². The van der Waals surface area contributed by atoms with Crippen LogP contribution in [0.15, 0.2) is 4.99 Å². The first kappa shape index (κ1) is 20.7. The van der Waals surface area contributed by atoms with Gasteiger partial charge in [0.25, 0.3) is 0 Å². The Labute approximate surface area is 147 Å². The van der Waals surface area contributed by atoms with Crippen molar-refractivity contribution in [3.8, 4) is 0 Å². The average Bonchev–Trinajstić information content (AvgIpc) is 2.48. The molecule has 24 heavy (non-hydrogen) atoms. The van der Waals surface area contributed by atoms with Crippen LogP contribution in [0.1, 0.15) is 27.7 Å². The van der Waals surface area contributed by atoms with Crippen molar-refractivity contribution >= 4 is 11.9 Å². The number of carbonyl (C=O) groups excluding carboxylic acids is 1. The van der Waals surface area contributed by atoms with Crippen molar-refractivity contribution in [3.05, 3.63) is 0 Å². The lowest BCUT2D eigenvalue weighted by molar-refractivity contribution is -0.121. The predicted molar refractivity (Wildman–Crippen MR) is 100 cm³/mol. The Kier molecular flexibility index (Phi) is 8.48. The highest BCUT2D eigenvalue weighted by molar-refractivity contribution is 5.86. The highest BCUT2D eigenvalue weighted by Crippen LogP contribution is 2.03. The molecule has 0 aromatic rings. The average molecular weight is 341 g/mol. The van der Waals surface area contributed by atoms with E-state index in [0.717, 1.165) is 39.3 Å². The number of aliphatic imine (C=N–C) groups is 1. The summed E-state index contributed by atoms with van der Waals surface area (Å²) >= 11 is 0. The number of nitrogens with one attached hydrogen (secondary N) is 3. The normalized spacial score (nSPS) is 19.0. The number of rotatable bonds is 6. The topological polar surface area (TPSA) is 72.0 Å². The molecule has 1 aliphatic rings. The van der Waals surface area contributed by atoms with Crippen LogP contribution in [0.4, 0.5) is 0 Å². The van der Waals surface area contributed by atoms with Gasteiger partial charge in [0.2, 0.25) is 5.91 Å². The summed E-state index contributed by atoms with van der Waals surface area (Å²) in [7, 11) is 3.90. The molecule has 0 aromatic carbocycles. The molecule has 7 nitrogen and oxygen atoms in total. The molecule has 0 radical (unpaired) electrons. The Morgan fingerprint density at radius 3 is 2.33 bits per heavy atom. The van der Waals surface area contributed by atoms with Crippen molar-refractivity contribution in [2.24, 2.45) is 10.9 Å². The van der Waals surface area contributed by atoms with Crippen LogP contribution in [0, 0.1) is 5.92 Å². The predicted octanol–water partition coefficient (Wildman–Crippen LogP) is -0.0504. The van der Waals surface area contributed by atoms with Crippen LogP contribution in [0.25, 0.3) is 0 Å². The summed E-state index contributed by atoms with van der Waals surface area (Å²) in [5.41, 5.74) is -0.216. The molecule has 1 saturated heterocycles. The molecule has 1 rings (SSSR count). The van der Waals surface area contributed by atoms with Gasteiger partial charge in [0.15, 0.2) is 5.96 Å². The lowest BCUT2D eigenvalue weighted by atomic mass is 10.1. The van der Waals surface area contributed by atoms with Gasteiger partial charge < -0.3 is 25.8 Å². The van der Waals surface area contributed by atoms with E-state index in [1.54, 1.807) is 7.05 Å². The number of guanidine groups is 1. The largest absolute Gasteiger partial charge is 0.356 e. The summed E-state index contributed by atoms with van der Waals surface area (Å²) < 4.78 is 0. The number of likely N-dealkylation sites (N-methyl/N-ethyl adjacent to an activating group) is 1. The molecule has 1 heterocycles. The summed E-state index contributed by atoms with van der Waals surface area (Å²) in [4.78, 5) is 20.9. The fourth-order valence-corrected chi connectivity index (χ4v) is 2.65. The smallest absolute Gasteiger partial charge is 0.239 e. The van der Waals surface area contributed by atoms with Gasteiger partial charge in [0.05, 0.1) is 6.54 Å². The second-order valence-corrected chi connectivity index (χ2v) is 7.81. The van der Waals surface area contributed by atoms with Crippen molar-refractivity contribution in [2.45, 2.75) is 33.2 Å². The number of hydrogen-bond acceptors (Lipinski definition) is 4. The Balaban J connectivity index is 2.24. The van der Waals surface area contributed by atoms with E-state index < -0.39 is 0 Å². The number of amides is 1. The maximum atomic E-state index is 11.8. The SMILES string of the molecule is CN=C(NCC(=O)NC(C)(C)C)NCC(C)CN1CCN(C)CC1. The van der Waals surface area contributed by atoms with Crippen molar-refractivity contribution in [3.63, 3.8) is 0 Å².